The van der Waals surface area contributed by atoms with Gasteiger partial charge < -0.3 is 15.5 Å². The van der Waals surface area contributed by atoms with Gasteiger partial charge in [-0.15, -0.1) is 0 Å². The molecule has 5 nitrogen and oxygen atoms in total. The molecule has 3 rings (SSSR count). The number of carbonyl (C=O) groups is 1. The second kappa shape index (κ2) is 9.97. The highest BCUT2D eigenvalue weighted by atomic mass is 16.2. The van der Waals surface area contributed by atoms with Gasteiger partial charge >= 0.3 is 6.03 Å². The zero-order valence-corrected chi connectivity index (χ0v) is 16.1. The molecule has 0 aromatic heterocycles. The van der Waals surface area contributed by atoms with E-state index in [-0.39, 0.29) is 12.1 Å². The fourth-order valence-corrected chi connectivity index (χ4v) is 3.37. The van der Waals surface area contributed by atoms with Crippen molar-refractivity contribution in [1.82, 2.24) is 15.5 Å². The Morgan fingerprint density at radius 2 is 1.59 bits per heavy atom. The van der Waals surface area contributed by atoms with E-state index in [4.69, 9.17) is 0 Å². The minimum absolute atomic E-state index is 0.0970. The zero-order chi connectivity index (χ0) is 18.9. The van der Waals surface area contributed by atoms with Crippen LogP contribution < -0.4 is 15.5 Å². The van der Waals surface area contributed by atoms with Crippen molar-refractivity contribution >= 4 is 11.7 Å². The maximum atomic E-state index is 12.0. The minimum atomic E-state index is -0.0970. The van der Waals surface area contributed by atoms with Gasteiger partial charge in [0.15, 0.2) is 0 Å². The number of urea groups is 1. The number of hydrogen-bond acceptors (Lipinski definition) is 3. The van der Waals surface area contributed by atoms with Gasteiger partial charge in [-0.1, -0.05) is 48.5 Å². The summed E-state index contributed by atoms with van der Waals surface area (Å²) in [4.78, 5) is 17.0. The van der Waals surface area contributed by atoms with Crippen LogP contribution in [0, 0.1) is 0 Å². The lowest BCUT2D eigenvalue weighted by atomic mass is 10.2. The number of nitrogens with zero attached hydrogens (tertiary/aromatic N) is 2. The van der Waals surface area contributed by atoms with Crippen molar-refractivity contribution in [1.29, 1.82) is 0 Å². The third-order valence-electron chi connectivity index (χ3n) is 5.05. The molecule has 0 saturated carbocycles. The molecule has 0 radical (unpaired) electrons. The molecule has 0 bridgehead atoms. The highest BCUT2D eigenvalue weighted by molar-refractivity contribution is 5.74. The van der Waals surface area contributed by atoms with E-state index in [9.17, 15) is 4.79 Å². The third kappa shape index (κ3) is 6.29. The SMILES string of the molecule is CC(CCN1CCN(c2ccccc2)CC1)NC(=O)NCc1ccccc1. The Hall–Kier alpha value is -2.53. The Morgan fingerprint density at radius 1 is 0.963 bits per heavy atom. The summed E-state index contributed by atoms with van der Waals surface area (Å²) in [5.74, 6) is 0. The van der Waals surface area contributed by atoms with E-state index >= 15 is 0 Å². The Bertz CT molecular complexity index is 684. The van der Waals surface area contributed by atoms with Crippen LogP contribution >= 0.6 is 0 Å². The summed E-state index contributed by atoms with van der Waals surface area (Å²) >= 11 is 0. The van der Waals surface area contributed by atoms with Gasteiger partial charge in [0.25, 0.3) is 0 Å². The molecule has 1 atom stereocenters. The van der Waals surface area contributed by atoms with Crippen molar-refractivity contribution in [3.63, 3.8) is 0 Å². The number of para-hydroxylation sites is 1. The number of nitrogens with one attached hydrogen (secondary N) is 2. The van der Waals surface area contributed by atoms with Crippen LogP contribution in [0.5, 0.6) is 0 Å². The Labute approximate surface area is 162 Å². The molecular formula is C22H30N4O. The fraction of sp³-hybridized carbons (Fsp3) is 0.409. The number of piperazine rings is 1. The van der Waals surface area contributed by atoms with Crippen LogP contribution in [0.3, 0.4) is 0 Å². The first-order valence-electron chi connectivity index (χ1n) is 9.81. The van der Waals surface area contributed by atoms with E-state index in [1.54, 1.807) is 0 Å². The lowest BCUT2D eigenvalue weighted by molar-refractivity contribution is 0.227. The molecule has 2 aromatic rings. The summed E-state index contributed by atoms with van der Waals surface area (Å²) in [6, 6.07) is 20.6. The summed E-state index contributed by atoms with van der Waals surface area (Å²) in [5, 5.41) is 5.96. The van der Waals surface area contributed by atoms with Gasteiger partial charge in [0, 0.05) is 51.0 Å². The summed E-state index contributed by atoms with van der Waals surface area (Å²) in [6.45, 7) is 7.91. The standard InChI is InChI=1S/C22H30N4O/c1-19(24-22(27)23-18-20-8-4-2-5-9-20)12-13-25-14-16-26(17-15-25)21-10-6-3-7-11-21/h2-11,19H,12-18H2,1H3,(H2,23,24,27). The summed E-state index contributed by atoms with van der Waals surface area (Å²) < 4.78 is 0. The molecule has 144 valence electrons. The molecule has 2 aromatic carbocycles. The quantitative estimate of drug-likeness (QED) is 0.792. The van der Waals surface area contributed by atoms with E-state index in [0.717, 1.165) is 44.7 Å². The number of hydrogen-bond donors (Lipinski definition) is 2. The van der Waals surface area contributed by atoms with Crippen molar-refractivity contribution < 1.29 is 4.79 Å². The van der Waals surface area contributed by atoms with Crippen LogP contribution in [0.4, 0.5) is 10.5 Å². The lowest BCUT2D eigenvalue weighted by Gasteiger charge is -2.36. The van der Waals surface area contributed by atoms with E-state index < -0.39 is 0 Å². The monoisotopic (exact) mass is 366 g/mol. The van der Waals surface area contributed by atoms with E-state index in [1.807, 2.05) is 30.3 Å². The van der Waals surface area contributed by atoms with Gasteiger partial charge in [-0.05, 0) is 31.0 Å². The molecule has 1 aliphatic heterocycles. The lowest BCUT2D eigenvalue weighted by Crippen LogP contribution is -2.48. The van der Waals surface area contributed by atoms with Crippen LogP contribution in [0.25, 0.3) is 0 Å². The molecular weight excluding hydrogens is 336 g/mol. The average molecular weight is 367 g/mol. The first-order chi connectivity index (χ1) is 13.2. The van der Waals surface area contributed by atoms with Gasteiger partial charge in [0.2, 0.25) is 0 Å². The molecule has 1 fully saturated rings. The first kappa shape index (κ1) is 19.2. The van der Waals surface area contributed by atoms with Crippen LogP contribution in [0.15, 0.2) is 60.7 Å². The van der Waals surface area contributed by atoms with Crippen molar-refractivity contribution in [2.75, 3.05) is 37.6 Å². The largest absolute Gasteiger partial charge is 0.369 e. The zero-order valence-electron chi connectivity index (χ0n) is 16.1. The maximum Gasteiger partial charge on any atom is 0.315 e. The predicted molar refractivity (Wildman–Crippen MR) is 111 cm³/mol. The molecule has 1 aliphatic rings. The molecule has 1 heterocycles. The normalized spacial score (nSPS) is 16.0. The van der Waals surface area contributed by atoms with Crippen LogP contribution in [0.2, 0.25) is 0 Å². The number of anilines is 1. The molecule has 0 spiro atoms. The van der Waals surface area contributed by atoms with Crippen molar-refractivity contribution in [3.05, 3.63) is 66.2 Å². The van der Waals surface area contributed by atoms with E-state index in [0.29, 0.717) is 6.54 Å². The van der Waals surface area contributed by atoms with Crippen molar-refractivity contribution in [2.45, 2.75) is 25.9 Å². The molecule has 2 N–H and O–H groups in total. The first-order valence-corrected chi connectivity index (χ1v) is 9.81. The number of rotatable bonds is 7. The van der Waals surface area contributed by atoms with Crippen LogP contribution in [0.1, 0.15) is 18.9 Å². The van der Waals surface area contributed by atoms with Gasteiger partial charge in [0.1, 0.15) is 0 Å². The molecule has 5 heteroatoms. The molecule has 1 saturated heterocycles. The molecule has 27 heavy (non-hydrogen) atoms. The number of benzene rings is 2. The third-order valence-corrected chi connectivity index (χ3v) is 5.05. The van der Waals surface area contributed by atoms with Crippen molar-refractivity contribution in [2.24, 2.45) is 0 Å². The summed E-state index contributed by atoms with van der Waals surface area (Å²) in [6.07, 6.45) is 0.962. The van der Waals surface area contributed by atoms with E-state index in [1.165, 1.54) is 5.69 Å². The number of amides is 2. The second-order valence-corrected chi connectivity index (χ2v) is 7.17. The van der Waals surface area contributed by atoms with Gasteiger partial charge in [-0.2, -0.15) is 0 Å². The molecule has 0 aliphatic carbocycles. The van der Waals surface area contributed by atoms with Crippen LogP contribution in [-0.4, -0.2) is 49.7 Å². The summed E-state index contributed by atoms with van der Waals surface area (Å²) in [7, 11) is 0. The van der Waals surface area contributed by atoms with Crippen molar-refractivity contribution in [3.8, 4) is 0 Å². The highest BCUT2D eigenvalue weighted by Gasteiger charge is 2.17. The maximum absolute atomic E-state index is 12.0. The molecule has 1 unspecified atom stereocenters. The fourth-order valence-electron chi connectivity index (χ4n) is 3.37. The van der Waals surface area contributed by atoms with Crippen LogP contribution in [-0.2, 0) is 6.54 Å². The Kier molecular flexibility index (Phi) is 7.11. The molecule has 2 amide bonds. The smallest absolute Gasteiger partial charge is 0.315 e. The second-order valence-electron chi connectivity index (χ2n) is 7.17. The highest BCUT2D eigenvalue weighted by Crippen LogP contribution is 2.15. The predicted octanol–water partition coefficient (Wildman–Crippen LogP) is 3.09. The van der Waals surface area contributed by atoms with Gasteiger partial charge in [-0.25, -0.2) is 4.79 Å². The summed E-state index contributed by atoms with van der Waals surface area (Å²) in [5.41, 5.74) is 2.42. The Morgan fingerprint density at radius 3 is 2.26 bits per heavy atom. The minimum Gasteiger partial charge on any atom is -0.369 e. The van der Waals surface area contributed by atoms with E-state index in [2.05, 4.69) is 57.7 Å². The average Bonchev–Trinajstić information content (AvgIpc) is 2.72. The van der Waals surface area contributed by atoms with Gasteiger partial charge in [0.05, 0.1) is 0 Å². The number of carbonyl (C=O) groups excluding carboxylic acids is 1. The Balaban J connectivity index is 1.31. The van der Waals surface area contributed by atoms with Gasteiger partial charge in [-0.3, -0.25) is 4.90 Å². The topological polar surface area (TPSA) is 47.6 Å².